The molecule has 2 heteroatoms. The predicted molar refractivity (Wildman–Crippen MR) is 59.8 cm³/mol. The highest BCUT2D eigenvalue weighted by molar-refractivity contribution is 5.59. The van der Waals surface area contributed by atoms with E-state index >= 15 is 0 Å². The van der Waals surface area contributed by atoms with Crippen molar-refractivity contribution in [1.82, 2.24) is 0 Å². The Balaban J connectivity index is 3.03. The Labute approximate surface area is 85.3 Å². The van der Waals surface area contributed by atoms with Crippen molar-refractivity contribution in [3.8, 4) is 18.1 Å². The van der Waals surface area contributed by atoms with Crippen LogP contribution in [0, 0.1) is 26.2 Å². The van der Waals surface area contributed by atoms with Gasteiger partial charge in [0.15, 0.2) is 0 Å². The van der Waals surface area contributed by atoms with Crippen LogP contribution in [-0.2, 0) is 0 Å². The van der Waals surface area contributed by atoms with E-state index < -0.39 is 0 Å². The van der Waals surface area contributed by atoms with Crippen LogP contribution in [0.15, 0.2) is 12.1 Å². The number of rotatable bonds is 3. The standard InChI is InChI=1S/C12H15NO/c1-5-8-13-11-7-6-9(2)12(14-4)10(11)3/h1,6-7,13H,8H2,2-4H3. The summed E-state index contributed by atoms with van der Waals surface area (Å²) in [6.45, 7) is 4.58. The van der Waals surface area contributed by atoms with Crippen LogP contribution < -0.4 is 10.1 Å². The highest BCUT2D eigenvalue weighted by atomic mass is 16.5. The van der Waals surface area contributed by atoms with E-state index in [0.717, 1.165) is 22.6 Å². The van der Waals surface area contributed by atoms with Crippen molar-refractivity contribution in [3.05, 3.63) is 23.3 Å². The average Bonchev–Trinajstić information content (AvgIpc) is 2.18. The molecule has 0 spiro atoms. The fourth-order valence-electron chi connectivity index (χ4n) is 1.48. The van der Waals surface area contributed by atoms with Crippen LogP contribution >= 0.6 is 0 Å². The minimum absolute atomic E-state index is 0.535. The molecule has 0 amide bonds. The highest BCUT2D eigenvalue weighted by Gasteiger charge is 2.06. The van der Waals surface area contributed by atoms with Gasteiger partial charge in [0, 0.05) is 11.3 Å². The van der Waals surface area contributed by atoms with Crippen LogP contribution in [0.3, 0.4) is 0 Å². The zero-order valence-electron chi connectivity index (χ0n) is 8.85. The van der Waals surface area contributed by atoms with Gasteiger partial charge >= 0.3 is 0 Å². The van der Waals surface area contributed by atoms with Crippen molar-refractivity contribution in [2.75, 3.05) is 19.0 Å². The van der Waals surface area contributed by atoms with E-state index in [-0.39, 0.29) is 0 Å². The maximum atomic E-state index is 5.30. The minimum Gasteiger partial charge on any atom is -0.496 e. The lowest BCUT2D eigenvalue weighted by Crippen LogP contribution is -2.02. The van der Waals surface area contributed by atoms with Crippen molar-refractivity contribution < 1.29 is 4.74 Å². The average molecular weight is 189 g/mol. The summed E-state index contributed by atoms with van der Waals surface area (Å²) in [6, 6.07) is 4.04. The summed E-state index contributed by atoms with van der Waals surface area (Å²) in [4.78, 5) is 0. The first-order chi connectivity index (χ1) is 6.70. The number of nitrogens with one attached hydrogen (secondary N) is 1. The smallest absolute Gasteiger partial charge is 0.126 e. The summed E-state index contributed by atoms with van der Waals surface area (Å²) in [5, 5.41) is 3.15. The fraction of sp³-hybridized carbons (Fsp3) is 0.333. The van der Waals surface area contributed by atoms with E-state index in [2.05, 4.69) is 11.2 Å². The van der Waals surface area contributed by atoms with Gasteiger partial charge in [0.25, 0.3) is 0 Å². The second-order valence-electron chi connectivity index (χ2n) is 3.15. The molecule has 0 aliphatic heterocycles. The molecule has 0 fully saturated rings. The molecule has 2 nitrogen and oxygen atoms in total. The zero-order chi connectivity index (χ0) is 10.6. The third-order valence-corrected chi connectivity index (χ3v) is 2.19. The summed E-state index contributed by atoms with van der Waals surface area (Å²) >= 11 is 0. The minimum atomic E-state index is 0.535. The van der Waals surface area contributed by atoms with E-state index in [4.69, 9.17) is 11.2 Å². The lowest BCUT2D eigenvalue weighted by atomic mass is 10.1. The number of hydrogen-bond acceptors (Lipinski definition) is 2. The predicted octanol–water partition coefficient (Wildman–Crippen LogP) is 2.36. The lowest BCUT2D eigenvalue weighted by molar-refractivity contribution is 0.409. The number of methoxy groups -OCH3 is 1. The summed E-state index contributed by atoms with van der Waals surface area (Å²) in [6.07, 6.45) is 5.18. The Morgan fingerprint density at radius 1 is 1.43 bits per heavy atom. The fourth-order valence-corrected chi connectivity index (χ4v) is 1.48. The first kappa shape index (κ1) is 10.5. The third-order valence-electron chi connectivity index (χ3n) is 2.19. The molecule has 1 aromatic rings. The van der Waals surface area contributed by atoms with E-state index in [0.29, 0.717) is 6.54 Å². The monoisotopic (exact) mass is 189 g/mol. The van der Waals surface area contributed by atoms with Crippen molar-refractivity contribution in [2.24, 2.45) is 0 Å². The quantitative estimate of drug-likeness (QED) is 0.737. The van der Waals surface area contributed by atoms with Gasteiger partial charge in [-0.05, 0) is 25.5 Å². The summed E-state index contributed by atoms with van der Waals surface area (Å²) in [7, 11) is 1.68. The first-order valence-corrected chi connectivity index (χ1v) is 4.52. The Hall–Kier alpha value is -1.62. The van der Waals surface area contributed by atoms with Crippen LogP contribution in [0.2, 0.25) is 0 Å². The topological polar surface area (TPSA) is 21.3 Å². The number of terminal acetylenes is 1. The molecular formula is C12H15NO. The Kier molecular flexibility index (Phi) is 3.41. The number of anilines is 1. The molecule has 0 bridgehead atoms. The van der Waals surface area contributed by atoms with Gasteiger partial charge < -0.3 is 10.1 Å². The number of benzene rings is 1. The molecule has 0 unspecified atom stereocenters. The van der Waals surface area contributed by atoms with Gasteiger partial charge in [-0.2, -0.15) is 0 Å². The van der Waals surface area contributed by atoms with Crippen molar-refractivity contribution in [3.63, 3.8) is 0 Å². The van der Waals surface area contributed by atoms with Crippen LogP contribution in [0.5, 0.6) is 5.75 Å². The van der Waals surface area contributed by atoms with Crippen LogP contribution in [-0.4, -0.2) is 13.7 Å². The van der Waals surface area contributed by atoms with Crippen LogP contribution in [0.25, 0.3) is 0 Å². The summed E-state index contributed by atoms with van der Waals surface area (Å²) < 4.78 is 5.30. The molecule has 1 N–H and O–H groups in total. The first-order valence-electron chi connectivity index (χ1n) is 4.52. The molecule has 0 atom stereocenters. The molecule has 0 saturated heterocycles. The third kappa shape index (κ3) is 2.00. The van der Waals surface area contributed by atoms with Gasteiger partial charge in [0.2, 0.25) is 0 Å². The van der Waals surface area contributed by atoms with E-state index in [9.17, 15) is 0 Å². The second kappa shape index (κ2) is 4.57. The van der Waals surface area contributed by atoms with Crippen molar-refractivity contribution >= 4 is 5.69 Å². The molecule has 0 aromatic heterocycles. The van der Waals surface area contributed by atoms with Crippen LogP contribution in [0.4, 0.5) is 5.69 Å². The Bertz CT molecular complexity index is 363. The van der Waals surface area contributed by atoms with Gasteiger partial charge in [-0.3, -0.25) is 0 Å². The SMILES string of the molecule is C#CCNc1ccc(C)c(OC)c1C. The molecule has 1 rings (SSSR count). The molecule has 0 heterocycles. The van der Waals surface area contributed by atoms with E-state index in [1.165, 1.54) is 0 Å². The molecule has 74 valence electrons. The summed E-state index contributed by atoms with van der Waals surface area (Å²) in [5.74, 6) is 3.47. The Morgan fingerprint density at radius 2 is 2.14 bits per heavy atom. The van der Waals surface area contributed by atoms with Gasteiger partial charge in [-0.15, -0.1) is 6.42 Å². The van der Waals surface area contributed by atoms with Gasteiger partial charge in [-0.25, -0.2) is 0 Å². The van der Waals surface area contributed by atoms with E-state index in [1.54, 1.807) is 7.11 Å². The number of hydrogen-bond donors (Lipinski definition) is 1. The van der Waals surface area contributed by atoms with Crippen molar-refractivity contribution in [1.29, 1.82) is 0 Å². The second-order valence-corrected chi connectivity index (χ2v) is 3.15. The summed E-state index contributed by atoms with van der Waals surface area (Å²) in [5.41, 5.74) is 3.27. The lowest BCUT2D eigenvalue weighted by Gasteiger charge is -2.13. The molecule has 0 aliphatic carbocycles. The molecule has 14 heavy (non-hydrogen) atoms. The maximum Gasteiger partial charge on any atom is 0.126 e. The molecule has 0 aliphatic rings. The normalized spacial score (nSPS) is 9.29. The molecule has 0 saturated carbocycles. The number of aryl methyl sites for hydroxylation is 1. The van der Waals surface area contributed by atoms with Gasteiger partial charge in [-0.1, -0.05) is 12.0 Å². The van der Waals surface area contributed by atoms with Gasteiger partial charge in [0.05, 0.1) is 13.7 Å². The molecular weight excluding hydrogens is 174 g/mol. The molecule has 1 aromatic carbocycles. The Morgan fingerprint density at radius 3 is 2.71 bits per heavy atom. The van der Waals surface area contributed by atoms with E-state index in [1.807, 2.05) is 26.0 Å². The zero-order valence-corrected chi connectivity index (χ0v) is 8.85. The van der Waals surface area contributed by atoms with Crippen LogP contribution in [0.1, 0.15) is 11.1 Å². The maximum absolute atomic E-state index is 5.30. The molecule has 0 radical (unpaired) electrons. The van der Waals surface area contributed by atoms with Gasteiger partial charge in [0.1, 0.15) is 5.75 Å². The largest absolute Gasteiger partial charge is 0.496 e. The number of ether oxygens (including phenoxy) is 1. The highest BCUT2D eigenvalue weighted by Crippen LogP contribution is 2.28. The van der Waals surface area contributed by atoms with Crippen molar-refractivity contribution in [2.45, 2.75) is 13.8 Å².